The molecule has 0 aliphatic rings. The summed E-state index contributed by atoms with van der Waals surface area (Å²) in [6, 6.07) is 9.42. The fourth-order valence-corrected chi connectivity index (χ4v) is 3.61. The lowest BCUT2D eigenvalue weighted by Crippen LogP contribution is -2.47. The maximum Gasteiger partial charge on any atom is 0.269 e. The molecule has 30 heavy (non-hydrogen) atoms. The summed E-state index contributed by atoms with van der Waals surface area (Å²) in [5.41, 5.74) is 1.73. The predicted octanol–water partition coefficient (Wildman–Crippen LogP) is 1.39. The molecule has 158 valence electrons. The fourth-order valence-electron chi connectivity index (χ4n) is 2.42. The van der Waals surface area contributed by atoms with Crippen LogP contribution in [0.15, 0.2) is 53.4 Å². The van der Waals surface area contributed by atoms with Gasteiger partial charge >= 0.3 is 0 Å². The molecule has 0 saturated heterocycles. The first-order valence-corrected chi connectivity index (χ1v) is 10.1. The Kier molecular flexibility index (Phi) is 7.88. The van der Waals surface area contributed by atoms with Gasteiger partial charge in [-0.1, -0.05) is 18.1 Å². The van der Waals surface area contributed by atoms with Crippen LogP contribution in [0, 0.1) is 22.0 Å². The molecule has 0 fully saturated rings. The zero-order valence-electron chi connectivity index (χ0n) is 15.9. The van der Waals surface area contributed by atoms with Crippen LogP contribution < -0.4 is 14.9 Å². The lowest BCUT2D eigenvalue weighted by molar-refractivity contribution is -0.384. The van der Waals surface area contributed by atoms with E-state index in [1.807, 2.05) is 0 Å². The molecule has 2 aromatic carbocycles. The number of hydrogen-bond acceptors (Lipinski definition) is 7. The number of nitrogens with zero attached hydrogens (tertiary/aromatic N) is 1. The van der Waals surface area contributed by atoms with E-state index in [0.29, 0.717) is 11.3 Å². The quantitative estimate of drug-likeness (QED) is 0.234. The average molecular weight is 433 g/mol. The number of rotatable bonds is 9. The van der Waals surface area contributed by atoms with Crippen LogP contribution in [0.3, 0.4) is 0 Å². The summed E-state index contributed by atoms with van der Waals surface area (Å²) in [4.78, 5) is 22.0. The SMILES string of the molecule is CC#CCOc1ccc(S(=O)(=O)N[C@H](Cc2ccc([N+](=O)[O-])cc2)C(=O)NO)cc1. The molecule has 0 aromatic heterocycles. The fraction of sp³-hybridized carbons (Fsp3) is 0.211. The monoisotopic (exact) mass is 433 g/mol. The third-order valence-corrected chi connectivity index (χ3v) is 5.42. The van der Waals surface area contributed by atoms with Crippen molar-refractivity contribution in [2.24, 2.45) is 0 Å². The van der Waals surface area contributed by atoms with E-state index in [1.54, 1.807) is 6.92 Å². The van der Waals surface area contributed by atoms with Gasteiger partial charge in [0.05, 0.1) is 9.82 Å². The first-order chi connectivity index (χ1) is 14.3. The summed E-state index contributed by atoms with van der Waals surface area (Å²) in [5.74, 6) is 4.82. The molecule has 2 rings (SSSR count). The van der Waals surface area contributed by atoms with Crippen LogP contribution in [-0.4, -0.2) is 37.1 Å². The Balaban J connectivity index is 2.16. The van der Waals surface area contributed by atoms with Crippen LogP contribution in [0.5, 0.6) is 5.75 Å². The minimum Gasteiger partial charge on any atom is -0.481 e. The van der Waals surface area contributed by atoms with Crippen molar-refractivity contribution < 1.29 is 28.1 Å². The molecule has 2 aromatic rings. The number of benzene rings is 2. The van der Waals surface area contributed by atoms with E-state index in [9.17, 15) is 23.3 Å². The number of nitrogens with one attached hydrogen (secondary N) is 2. The maximum atomic E-state index is 12.6. The van der Waals surface area contributed by atoms with E-state index in [2.05, 4.69) is 16.6 Å². The topological polar surface area (TPSA) is 148 Å². The Hall–Kier alpha value is -3.46. The van der Waals surface area contributed by atoms with Crippen molar-refractivity contribution in [3.05, 3.63) is 64.2 Å². The molecule has 0 spiro atoms. The van der Waals surface area contributed by atoms with Gasteiger partial charge in [0.15, 0.2) is 0 Å². The van der Waals surface area contributed by atoms with Gasteiger partial charge in [0.25, 0.3) is 11.6 Å². The zero-order chi connectivity index (χ0) is 22.1. The van der Waals surface area contributed by atoms with Crippen molar-refractivity contribution in [2.75, 3.05) is 6.61 Å². The Bertz CT molecular complexity index is 1060. The second-order valence-corrected chi connectivity index (χ2v) is 7.68. The third kappa shape index (κ3) is 6.28. The molecule has 10 nitrogen and oxygen atoms in total. The van der Waals surface area contributed by atoms with Crippen molar-refractivity contribution in [3.63, 3.8) is 0 Å². The molecule has 0 aliphatic heterocycles. The van der Waals surface area contributed by atoms with Gasteiger partial charge in [0, 0.05) is 12.1 Å². The highest BCUT2D eigenvalue weighted by Gasteiger charge is 2.26. The number of non-ortho nitro benzene ring substituents is 1. The second kappa shape index (κ2) is 10.4. The smallest absolute Gasteiger partial charge is 0.269 e. The van der Waals surface area contributed by atoms with Crippen LogP contribution in [0.1, 0.15) is 12.5 Å². The number of hydroxylamine groups is 1. The Morgan fingerprint density at radius 1 is 1.20 bits per heavy atom. The number of carbonyl (C=O) groups is 1. The molecular formula is C19H19N3O7S. The number of amides is 1. The second-order valence-electron chi connectivity index (χ2n) is 5.96. The van der Waals surface area contributed by atoms with E-state index < -0.39 is 26.9 Å². The van der Waals surface area contributed by atoms with Gasteiger partial charge in [-0.2, -0.15) is 4.72 Å². The minimum atomic E-state index is -4.11. The van der Waals surface area contributed by atoms with Gasteiger partial charge in [-0.3, -0.25) is 20.1 Å². The molecular weight excluding hydrogens is 414 g/mol. The van der Waals surface area contributed by atoms with E-state index in [4.69, 9.17) is 9.94 Å². The molecule has 11 heteroatoms. The average Bonchev–Trinajstić information content (AvgIpc) is 2.73. The Labute approximate surface area is 173 Å². The van der Waals surface area contributed by atoms with Gasteiger partial charge in [-0.15, -0.1) is 5.92 Å². The van der Waals surface area contributed by atoms with E-state index in [0.717, 1.165) is 0 Å². The third-order valence-electron chi connectivity index (χ3n) is 3.93. The summed E-state index contributed by atoms with van der Waals surface area (Å²) in [6.45, 7) is 1.83. The summed E-state index contributed by atoms with van der Waals surface area (Å²) in [6.07, 6.45) is -0.138. The van der Waals surface area contributed by atoms with Crippen molar-refractivity contribution in [1.82, 2.24) is 10.2 Å². The summed E-state index contributed by atoms with van der Waals surface area (Å²) in [7, 11) is -4.11. The molecule has 0 aliphatic carbocycles. The van der Waals surface area contributed by atoms with E-state index in [1.165, 1.54) is 54.0 Å². The zero-order valence-corrected chi connectivity index (χ0v) is 16.7. The molecule has 0 unspecified atom stereocenters. The molecule has 3 N–H and O–H groups in total. The standard InChI is InChI=1S/C19H19N3O7S/c1-2-3-12-29-16-8-10-17(11-9-16)30(27,28)21-18(19(23)20-24)13-14-4-6-15(7-5-14)22(25)26/h4-11,18,21,24H,12-13H2,1H3,(H,20,23)/t18-/m1/s1. The largest absolute Gasteiger partial charge is 0.481 e. The summed E-state index contributed by atoms with van der Waals surface area (Å²) in [5, 5.41) is 19.7. The number of ether oxygens (including phenoxy) is 1. The first kappa shape index (κ1) is 22.8. The van der Waals surface area contributed by atoms with Crippen molar-refractivity contribution in [2.45, 2.75) is 24.3 Å². The van der Waals surface area contributed by atoms with Gasteiger partial charge in [0.1, 0.15) is 18.4 Å². The number of sulfonamides is 1. The molecule has 0 saturated carbocycles. The number of nitro groups is 1. The van der Waals surface area contributed by atoms with Crippen LogP contribution in [-0.2, 0) is 21.2 Å². The molecule has 1 atom stereocenters. The first-order valence-electron chi connectivity index (χ1n) is 8.59. The van der Waals surface area contributed by atoms with Crippen molar-refractivity contribution in [1.29, 1.82) is 0 Å². The van der Waals surface area contributed by atoms with Crippen molar-refractivity contribution in [3.8, 4) is 17.6 Å². The summed E-state index contributed by atoms with van der Waals surface area (Å²) < 4.78 is 32.8. The highest BCUT2D eigenvalue weighted by atomic mass is 32.2. The maximum absolute atomic E-state index is 12.6. The van der Waals surface area contributed by atoms with E-state index in [-0.39, 0.29) is 23.6 Å². The molecule has 1 amide bonds. The van der Waals surface area contributed by atoms with Gasteiger partial charge < -0.3 is 4.74 Å². The highest BCUT2D eigenvalue weighted by molar-refractivity contribution is 7.89. The van der Waals surface area contributed by atoms with Gasteiger partial charge in [0.2, 0.25) is 10.0 Å². The minimum absolute atomic E-state index is 0.115. The van der Waals surface area contributed by atoms with Gasteiger partial charge in [-0.05, 0) is 43.2 Å². The predicted molar refractivity (Wildman–Crippen MR) is 106 cm³/mol. The Morgan fingerprint density at radius 3 is 2.37 bits per heavy atom. The number of hydrogen-bond donors (Lipinski definition) is 3. The normalized spacial score (nSPS) is 11.7. The molecule has 0 bridgehead atoms. The highest BCUT2D eigenvalue weighted by Crippen LogP contribution is 2.18. The lowest BCUT2D eigenvalue weighted by Gasteiger charge is -2.17. The summed E-state index contributed by atoms with van der Waals surface area (Å²) >= 11 is 0. The van der Waals surface area contributed by atoms with Crippen LogP contribution in [0.4, 0.5) is 5.69 Å². The van der Waals surface area contributed by atoms with Crippen LogP contribution in [0.25, 0.3) is 0 Å². The lowest BCUT2D eigenvalue weighted by atomic mass is 10.1. The Morgan fingerprint density at radius 2 is 1.83 bits per heavy atom. The van der Waals surface area contributed by atoms with Crippen LogP contribution >= 0.6 is 0 Å². The van der Waals surface area contributed by atoms with Gasteiger partial charge in [-0.25, -0.2) is 13.9 Å². The number of carbonyl (C=O) groups excluding carboxylic acids is 1. The number of nitro benzene ring substituents is 1. The molecule has 0 radical (unpaired) electrons. The van der Waals surface area contributed by atoms with E-state index >= 15 is 0 Å². The van der Waals surface area contributed by atoms with Crippen LogP contribution in [0.2, 0.25) is 0 Å². The van der Waals surface area contributed by atoms with Crippen molar-refractivity contribution >= 4 is 21.6 Å². The molecule has 0 heterocycles.